The van der Waals surface area contributed by atoms with Gasteiger partial charge in [0.2, 0.25) is 5.88 Å². The zero-order chi connectivity index (χ0) is 19.3. The molecule has 0 spiro atoms. The summed E-state index contributed by atoms with van der Waals surface area (Å²) in [6, 6.07) is 13.6. The minimum Gasteiger partial charge on any atom is -0.487 e. The van der Waals surface area contributed by atoms with E-state index in [0.717, 1.165) is 12.0 Å². The van der Waals surface area contributed by atoms with Gasteiger partial charge in [-0.2, -0.15) is 0 Å². The third-order valence-corrected chi connectivity index (χ3v) is 4.04. The van der Waals surface area contributed by atoms with Gasteiger partial charge in [-0.1, -0.05) is 30.3 Å². The Hall–Kier alpha value is -2.76. The second-order valence-electron chi connectivity index (χ2n) is 7.56. The molecular formula is C21H26N2O4. The molecule has 1 aliphatic rings. The maximum absolute atomic E-state index is 12.1. The van der Waals surface area contributed by atoms with Crippen molar-refractivity contribution in [1.29, 1.82) is 0 Å². The highest BCUT2D eigenvalue weighted by Gasteiger charge is 2.31. The molecule has 2 heterocycles. The SMILES string of the molecule is CC(C)(C)OC(=O)N1CC[C@H](Oc2ccc(OCc3ccccc3)cn2)C1. The van der Waals surface area contributed by atoms with Gasteiger partial charge in [-0.3, -0.25) is 0 Å². The quantitative estimate of drug-likeness (QED) is 0.795. The van der Waals surface area contributed by atoms with E-state index < -0.39 is 5.60 Å². The number of hydrogen-bond donors (Lipinski definition) is 0. The minimum atomic E-state index is -0.493. The number of nitrogens with zero attached hydrogens (tertiary/aromatic N) is 2. The number of rotatable bonds is 5. The van der Waals surface area contributed by atoms with Crippen molar-refractivity contribution in [3.05, 3.63) is 54.2 Å². The predicted octanol–water partition coefficient (Wildman–Crippen LogP) is 4.05. The Bertz CT molecular complexity index is 741. The molecule has 27 heavy (non-hydrogen) atoms. The number of hydrogen-bond acceptors (Lipinski definition) is 5. The molecule has 1 saturated heterocycles. The number of pyridine rings is 1. The lowest BCUT2D eigenvalue weighted by Gasteiger charge is -2.24. The Morgan fingerprint density at radius 3 is 2.63 bits per heavy atom. The van der Waals surface area contributed by atoms with Gasteiger partial charge in [-0.15, -0.1) is 0 Å². The second-order valence-corrected chi connectivity index (χ2v) is 7.56. The summed E-state index contributed by atoms with van der Waals surface area (Å²) in [4.78, 5) is 18.1. The van der Waals surface area contributed by atoms with Gasteiger partial charge in [-0.25, -0.2) is 9.78 Å². The predicted molar refractivity (Wildman–Crippen MR) is 102 cm³/mol. The first kappa shape index (κ1) is 19.0. The molecule has 0 saturated carbocycles. The van der Waals surface area contributed by atoms with Crippen LogP contribution in [0, 0.1) is 0 Å². The van der Waals surface area contributed by atoms with Gasteiger partial charge < -0.3 is 19.1 Å². The zero-order valence-electron chi connectivity index (χ0n) is 16.1. The summed E-state index contributed by atoms with van der Waals surface area (Å²) in [5, 5.41) is 0. The van der Waals surface area contributed by atoms with E-state index in [4.69, 9.17) is 14.2 Å². The average molecular weight is 370 g/mol. The molecule has 1 aromatic carbocycles. The van der Waals surface area contributed by atoms with Crippen LogP contribution in [0.4, 0.5) is 4.79 Å². The van der Waals surface area contributed by atoms with Crippen LogP contribution in [0.2, 0.25) is 0 Å². The molecule has 1 fully saturated rings. The summed E-state index contributed by atoms with van der Waals surface area (Å²) in [6.07, 6.45) is 2.03. The smallest absolute Gasteiger partial charge is 0.410 e. The number of likely N-dealkylation sites (tertiary alicyclic amines) is 1. The fourth-order valence-electron chi connectivity index (χ4n) is 2.75. The zero-order valence-corrected chi connectivity index (χ0v) is 16.1. The third kappa shape index (κ3) is 5.88. The summed E-state index contributed by atoms with van der Waals surface area (Å²) >= 11 is 0. The van der Waals surface area contributed by atoms with Crippen molar-refractivity contribution in [2.24, 2.45) is 0 Å². The molecule has 1 aromatic heterocycles. The first-order valence-electron chi connectivity index (χ1n) is 9.16. The highest BCUT2D eigenvalue weighted by Crippen LogP contribution is 2.21. The Balaban J connectivity index is 1.47. The molecule has 1 aliphatic heterocycles. The minimum absolute atomic E-state index is 0.0823. The number of benzene rings is 1. The third-order valence-electron chi connectivity index (χ3n) is 4.04. The van der Waals surface area contributed by atoms with Crippen molar-refractivity contribution < 1.29 is 19.0 Å². The number of carbonyl (C=O) groups excluding carboxylic acids is 1. The van der Waals surface area contributed by atoms with E-state index in [0.29, 0.717) is 31.3 Å². The van der Waals surface area contributed by atoms with Crippen LogP contribution < -0.4 is 9.47 Å². The normalized spacial score (nSPS) is 16.9. The monoisotopic (exact) mass is 370 g/mol. The van der Waals surface area contributed by atoms with Crippen LogP contribution in [0.5, 0.6) is 11.6 Å². The molecule has 2 aromatic rings. The van der Waals surface area contributed by atoms with Crippen molar-refractivity contribution in [2.45, 2.75) is 45.5 Å². The Morgan fingerprint density at radius 1 is 1.19 bits per heavy atom. The largest absolute Gasteiger partial charge is 0.487 e. The fraction of sp³-hybridized carbons (Fsp3) is 0.429. The van der Waals surface area contributed by atoms with E-state index >= 15 is 0 Å². The Morgan fingerprint density at radius 2 is 1.96 bits per heavy atom. The molecule has 6 nitrogen and oxygen atoms in total. The number of amides is 1. The van der Waals surface area contributed by atoms with Crippen LogP contribution >= 0.6 is 0 Å². The molecule has 3 rings (SSSR count). The molecule has 0 unspecified atom stereocenters. The van der Waals surface area contributed by atoms with Crippen molar-refractivity contribution >= 4 is 6.09 Å². The summed E-state index contributed by atoms with van der Waals surface area (Å²) in [7, 11) is 0. The summed E-state index contributed by atoms with van der Waals surface area (Å²) in [5.41, 5.74) is 0.610. The average Bonchev–Trinajstić information content (AvgIpc) is 3.09. The van der Waals surface area contributed by atoms with Crippen LogP contribution in [0.25, 0.3) is 0 Å². The van der Waals surface area contributed by atoms with Gasteiger partial charge in [0.25, 0.3) is 0 Å². The number of ether oxygens (including phenoxy) is 3. The molecule has 1 amide bonds. The van der Waals surface area contributed by atoms with E-state index in [1.807, 2.05) is 57.2 Å². The summed E-state index contributed by atoms with van der Waals surface area (Å²) in [6.45, 7) is 7.21. The second kappa shape index (κ2) is 8.29. The van der Waals surface area contributed by atoms with E-state index in [9.17, 15) is 4.79 Å². The molecule has 6 heteroatoms. The molecule has 1 atom stereocenters. The van der Waals surface area contributed by atoms with Crippen LogP contribution in [-0.4, -0.2) is 40.8 Å². The lowest BCUT2D eigenvalue weighted by Crippen LogP contribution is -2.36. The molecule has 0 bridgehead atoms. The Labute approximate surface area is 160 Å². The standard InChI is InChI=1S/C21H26N2O4/c1-21(2,3)27-20(24)23-12-11-18(14-23)26-19-10-9-17(13-22-19)25-15-16-7-5-4-6-8-16/h4-10,13,18H,11-12,14-15H2,1-3H3/t18-/m0/s1. The molecule has 0 aliphatic carbocycles. The summed E-state index contributed by atoms with van der Waals surface area (Å²) < 4.78 is 17.0. The van der Waals surface area contributed by atoms with E-state index in [-0.39, 0.29) is 12.2 Å². The first-order valence-corrected chi connectivity index (χ1v) is 9.16. The molecular weight excluding hydrogens is 344 g/mol. The van der Waals surface area contributed by atoms with Crippen LogP contribution in [0.15, 0.2) is 48.7 Å². The van der Waals surface area contributed by atoms with E-state index in [2.05, 4.69) is 4.98 Å². The van der Waals surface area contributed by atoms with E-state index in [1.165, 1.54) is 0 Å². The van der Waals surface area contributed by atoms with Crippen LogP contribution in [0.3, 0.4) is 0 Å². The van der Waals surface area contributed by atoms with Gasteiger partial charge in [0.15, 0.2) is 0 Å². The van der Waals surface area contributed by atoms with E-state index in [1.54, 1.807) is 17.2 Å². The van der Waals surface area contributed by atoms with Gasteiger partial charge in [0.1, 0.15) is 24.1 Å². The summed E-state index contributed by atoms with van der Waals surface area (Å²) in [5.74, 6) is 1.21. The van der Waals surface area contributed by atoms with Gasteiger partial charge in [0, 0.05) is 19.0 Å². The van der Waals surface area contributed by atoms with Crippen molar-refractivity contribution in [3.63, 3.8) is 0 Å². The number of carbonyl (C=O) groups is 1. The number of aromatic nitrogens is 1. The maximum atomic E-state index is 12.1. The molecule has 144 valence electrons. The topological polar surface area (TPSA) is 60.9 Å². The maximum Gasteiger partial charge on any atom is 0.410 e. The van der Waals surface area contributed by atoms with Crippen LogP contribution in [-0.2, 0) is 11.3 Å². The lowest BCUT2D eigenvalue weighted by molar-refractivity contribution is 0.0275. The van der Waals surface area contributed by atoms with Crippen molar-refractivity contribution in [2.75, 3.05) is 13.1 Å². The molecule has 0 N–H and O–H groups in total. The molecule has 0 radical (unpaired) electrons. The highest BCUT2D eigenvalue weighted by atomic mass is 16.6. The fourth-order valence-corrected chi connectivity index (χ4v) is 2.75. The van der Waals surface area contributed by atoms with Crippen LogP contribution in [0.1, 0.15) is 32.8 Å². The van der Waals surface area contributed by atoms with Crippen molar-refractivity contribution in [1.82, 2.24) is 9.88 Å². The Kier molecular flexibility index (Phi) is 5.84. The first-order chi connectivity index (χ1) is 12.9. The lowest BCUT2D eigenvalue weighted by atomic mass is 10.2. The van der Waals surface area contributed by atoms with Crippen molar-refractivity contribution in [3.8, 4) is 11.6 Å². The highest BCUT2D eigenvalue weighted by molar-refractivity contribution is 5.68. The van der Waals surface area contributed by atoms with Gasteiger partial charge in [0.05, 0.1) is 12.7 Å². The van der Waals surface area contributed by atoms with Gasteiger partial charge in [-0.05, 0) is 32.4 Å². The van der Waals surface area contributed by atoms with Gasteiger partial charge >= 0.3 is 6.09 Å².